The maximum Gasteiger partial charge on any atom is 0.374 e. The van der Waals surface area contributed by atoms with Gasteiger partial charge >= 0.3 is 41.4 Å². The van der Waals surface area contributed by atoms with Gasteiger partial charge in [0.05, 0.1) is 17.0 Å². The minimum absolute atomic E-state index is 0.0525. The Morgan fingerprint density at radius 2 is 1.22 bits per heavy atom. The van der Waals surface area contributed by atoms with Crippen LogP contribution in [0, 0.1) is 17.0 Å². The summed E-state index contributed by atoms with van der Waals surface area (Å²) >= 11 is 0. The zero-order chi connectivity index (χ0) is 40.7. The van der Waals surface area contributed by atoms with Crippen LogP contribution in [0.3, 0.4) is 0 Å². The minimum atomic E-state index is -2.65. The van der Waals surface area contributed by atoms with Crippen LogP contribution in [-0.2, 0) is 24.0 Å². The predicted octanol–water partition coefficient (Wildman–Crippen LogP) is 6.18. The van der Waals surface area contributed by atoms with E-state index in [1.165, 1.54) is 49.4 Å². The number of rotatable bonds is 10. The lowest BCUT2D eigenvalue weighted by atomic mass is 9.89. The molecule has 0 saturated heterocycles. The molecule has 3 aromatic rings. The molecule has 17 nitrogen and oxygen atoms in total. The zero-order valence-corrected chi connectivity index (χ0v) is 31.2. The SMILES string of the molecule is CC[C@H](C)C1=C(O)[N@+]2([O-])Oc3ccc(-c4c(OC(C)=O)c(OC(C)=O)c(-c5ccc(O)cc5)c(OC(C)=O)c4OC(C)=O)cc3O[C@]2([C@@H](C)CC)C(=O)N1O. The number of allylic oxidation sites excluding steroid dienone is 1. The lowest BCUT2D eigenvalue weighted by Crippen LogP contribution is -2.78. The molecule has 2 aliphatic heterocycles. The fourth-order valence-corrected chi connectivity index (χ4v) is 6.41. The fraction of sp³-hybridized carbons (Fsp3) is 0.342. The molecule has 0 aromatic heterocycles. The Morgan fingerprint density at radius 3 is 1.65 bits per heavy atom. The number of hydrogen-bond acceptors (Lipinski definition) is 15. The molecule has 4 atom stereocenters. The van der Waals surface area contributed by atoms with E-state index >= 15 is 0 Å². The van der Waals surface area contributed by atoms with Crippen molar-refractivity contribution in [2.45, 2.75) is 74.0 Å². The Kier molecular flexibility index (Phi) is 10.9. The molecule has 0 bridgehead atoms. The van der Waals surface area contributed by atoms with Crippen LogP contribution >= 0.6 is 0 Å². The molecule has 0 radical (unpaired) electrons. The van der Waals surface area contributed by atoms with E-state index < -0.39 is 81.0 Å². The van der Waals surface area contributed by atoms with E-state index in [2.05, 4.69) is 0 Å². The first-order valence-electron chi connectivity index (χ1n) is 17.2. The van der Waals surface area contributed by atoms with Crippen LogP contribution in [-0.4, -0.2) is 60.8 Å². The normalized spacial score (nSPS) is 19.9. The Bertz CT molecular complexity index is 2070. The molecule has 5 rings (SSSR count). The molecule has 55 heavy (non-hydrogen) atoms. The summed E-state index contributed by atoms with van der Waals surface area (Å²) in [5.74, 6) is -10.3. The smallest absolute Gasteiger partial charge is 0.374 e. The number of hydrogen-bond donors (Lipinski definition) is 3. The quantitative estimate of drug-likeness (QED) is 0.0689. The highest BCUT2D eigenvalue weighted by Crippen LogP contribution is 2.59. The molecule has 3 N–H and O–H groups in total. The number of aliphatic hydroxyl groups excluding tert-OH is 1. The maximum atomic E-state index is 14.8. The number of quaternary nitrogens is 1. The van der Waals surface area contributed by atoms with Crippen LogP contribution in [0.2, 0.25) is 0 Å². The third-order valence-corrected chi connectivity index (χ3v) is 9.22. The lowest BCUT2D eigenvalue weighted by Gasteiger charge is -2.56. The number of esters is 4. The lowest BCUT2D eigenvalue weighted by molar-refractivity contribution is -1.08. The van der Waals surface area contributed by atoms with Gasteiger partial charge in [-0.3, -0.25) is 34.0 Å². The van der Waals surface area contributed by atoms with Crippen LogP contribution < -0.4 is 28.5 Å². The molecule has 1 amide bonds. The van der Waals surface area contributed by atoms with Crippen molar-refractivity contribution in [2.24, 2.45) is 11.8 Å². The van der Waals surface area contributed by atoms with E-state index in [-0.39, 0.29) is 56.7 Å². The maximum absolute atomic E-state index is 14.8. The number of fused-ring (bicyclic) bond motifs is 2. The zero-order valence-electron chi connectivity index (χ0n) is 31.2. The summed E-state index contributed by atoms with van der Waals surface area (Å²) in [4.78, 5) is 68.6. The molecule has 0 fully saturated rings. The monoisotopic (exact) mass is 764 g/mol. The number of ether oxygens (including phenoxy) is 5. The summed E-state index contributed by atoms with van der Waals surface area (Å²) < 4.78 is 28.8. The summed E-state index contributed by atoms with van der Waals surface area (Å²) in [7, 11) is 0. The highest BCUT2D eigenvalue weighted by molar-refractivity contribution is 5.98. The first-order valence-corrected chi connectivity index (χ1v) is 17.2. The van der Waals surface area contributed by atoms with Gasteiger partial charge in [0.15, 0.2) is 34.4 Å². The summed E-state index contributed by atoms with van der Waals surface area (Å²) in [5.41, 5.74) is -3.43. The first-order chi connectivity index (χ1) is 25.8. The van der Waals surface area contributed by atoms with Gasteiger partial charge in [-0.05, 0) is 54.3 Å². The number of benzene rings is 3. The van der Waals surface area contributed by atoms with Crippen molar-refractivity contribution in [3.63, 3.8) is 0 Å². The van der Waals surface area contributed by atoms with Gasteiger partial charge < -0.3 is 39.1 Å². The van der Waals surface area contributed by atoms with Crippen LogP contribution in [0.4, 0.5) is 0 Å². The predicted molar refractivity (Wildman–Crippen MR) is 189 cm³/mol. The second-order valence-corrected chi connectivity index (χ2v) is 13.0. The highest BCUT2D eigenvalue weighted by Gasteiger charge is 2.72. The van der Waals surface area contributed by atoms with Crippen LogP contribution in [0.25, 0.3) is 22.3 Å². The van der Waals surface area contributed by atoms with Crippen molar-refractivity contribution in [3.05, 3.63) is 59.3 Å². The largest absolute Gasteiger partial charge is 0.578 e. The van der Waals surface area contributed by atoms with E-state index in [1.54, 1.807) is 20.8 Å². The molecule has 2 aliphatic rings. The van der Waals surface area contributed by atoms with Crippen molar-refractivity contribution in [3.8, 4) is 62.5 Å². The second-order valence-electron chi connectivity index (χ2n) is 13.0. The number of phenols is 1. The number of aliphatic hydroxyl groups is 1. The Morgan fingerprint density at radius 1 is 0.764 bits per heavy atom. The van der Waals surface area contributed by atoms with E-state index in [0.717, 1.165) is 27.7 Å². The molecule has 0 spiro atoms. The number of carbonyl (C=O) groups is 5. The van der Waals surface area contributed by atoms with Crippen molar-refractivity contribution < 1.29 is 72.7 Å². The third kappa shape index (κ3) is 6.77. The van der Waals surface area contributed by atoms with Gasteiger partial charge in [0, 0.05) is 33.6 Å². The van der Waals surface area contributed by atoms with Gasteiger partial charge in [0.25, 0.3) is 0 Å². The summed E-state index contributed by atoms with van der Waals surface area (Å²) in [6.07, 6.45) is 0.446. The average Bonchev–Trinajstić information content (AvgIpc) is 3.11. The molecule has 17 heteroatoms. The average molecular weight is 765 g/mol. The van der Waals surface area contributed by atoms with E-state index in [9.17, 15) is 44.6 Å². The van der Waals surface area contributed by atoms with Crippen molar-refractivity contribution in [1.82, 2.24) is 5.06 Å². The molecule has 0 aliphatic carbocycles. The van der Waals surface area contributed by atoms with Crippen molar-refractivity contribution >= 4 is 29.8 Å². The Labute approximate surface area is 314 Å². The molecular formula is C38H40N2O15. The Hall–Kier alpha value is -6.17. The van der Waals surface area contributed by atoms with Crippen LogP contribution in [0.15, 0.2) is 54.0 Å². The van der Waals surface area contributed by atoms with Crippen molar-refractivity contribution in [1.29, 1.82) is 0 Å². The van der Waals surface area contributed by atoms with Gasteiger partial charge in [-0.2, -0.15) is 5.06 Å². The molecule has 0 unspecified atom stereocenters. The molecule has 292 valence electrons. The summed E-state index contributed by atoms with van der Waals surface area (Å²) in [6, 6.07) is 9.02. The summed E-state index contributed by atoms with van der Waals surface area (Å²) in [5, 5.41) is 47.6. The number of amides is 1. The van der Waals surface area contributed by atoms with Gasteiger partial charge in [0.1, 0.15) is 5.75 Å². The van der Waals surface area contributed by atoms with E-state index in [0.29, 0.717) is 6.42 Å². The number of hydroxylamine groups is 6. The van der Waals surface area contributed by atoms with Gasteiger partial charge in [-0.1, -0.05) is 44.6 Å². The number of carbonyl (C=O) groups excluding carboxylic acids is 5. The van der Waals surface area contributed by atoms with Crippen LogP contribution in [0.5, 0.6) is 40.2 Å². The Balaban J connectivity index is 1.91. The van der Waals surface area contributed by atoms with E-state index in [4.69, 9.17) is 28.5 Å². The molecule has 3 aromatic carbocycles. The second kappa shape index (κ2) is 14.9. The van der Waals surface area contributed by atoms with Crippen molar-refractivity contribution in [2.75, 3.05) is 0 Å². The number of phenolic OH excluding ortho intramolecular Hbond substituents is 1. The summed E-state index contributed by atoms with van der Waals surface area (Å²) in [6.45, 7) is 10.7. The highest BCUT2D eigenvalue weighted by atomic mass is 17.0. The van der Waals surface area contributed by atoms with Gasteiger partial charge in [-0.25, -0.2) is 0 Å². The van der Waals surface area contributed by atoms with Gasteiger partial charge in [0.2, 0.25) is 5.75 Å². The number of nitrogens with zero attached hydrogens (tertiary/aromatic N) is 2. The number of aromatic hydroxyl groups is 1. The standard InChI is InChI=1S/C38H40N2O15/c1-9-18(3)31-36(46)40(49)38(19(4)10-2,37(47)39(31)48)54-28-17-25(13-16-27(28)55-40)30-34(52-22(7)43)32(50-20(5)41)29(24-11-14-26(45)15-12-24)33(51-21(6)42)35(30)53-23(8)44/h11-19,45-46,48H,9-10H2,1-8H3/t18-,19-,38+,40-/m0/s1. The van der Waals surface area contributed by atoms with Gasteiger partial charge in [-0.15, -0.1) is 0 Å². The first kappa shape index (κ1) is 40.0. The minimum Gasteiger partial charge on any atom is -0.578 e. The molecular weight excluding hydrogens is 724 g/mol. The third-order valence-electron chi connectivity index (χ3n) is 9.22. The topological polar surface area (TPSA) is 228 Å². The fourth-order valence-electron chi connectivity index (χ4n) is 6.41. The molecule has 0 saturated carbocycles. The molecule has 2 heterocycles. The van der Waals surface area contributed by atoms with Crippen LogP contribution in [0.1, 0.15) is 68.2 Å². The van der Waals surface area contributed by atoms with E-state index in [1.807, 2.05) is 0 Å².